The van der Waals surface area contributed by atoms with Crippen molar-refractivity contribution in [2.24, 2.45) is 0 Å². The van der Waals surface area contributed by atoms with Crippen LogP contribution in [0, 0.1) is 0 Å². The number of amides is 3. The monoisotopic (exact) mass is 393 g/mol. The molecule has 0 bridgehead atoms. The molecule has 2 N–H and O–H groups in total. The number of nitrogens with one attached hydrogen (secondary N) is 2. The summed E-state index contributed by atoms with van der Waals surface area (Å²) < 4.78 is 5.81. The number of nitrogens with zero attached hydrogens (tertiary/aromatic N) is 1. The first-order valence-electron chi connectivity index (χ1n) is 9.77. The Hall–Kier alpha value is -3.19. The Balaban J connectivity index is 1.36. The highest BCUT2D eigenvalue weighted by Gasteiger charge is 2.30. The molecular weight excluding hydrogens is 370 g/mol. The highest BCUT2D eigenvalue weighted by molar-refractivity contribution is 6.09. The van der Waals surface area contributed by atoms with Crippen LogP contribution >= 0.6 is 0 Å². The van der Waals surface area contributed by atoms with Crippen molar-refractivity contribution < 1.29 is 19.1 Å². The van der Waals surface area contributed by atoms with Crippen LogP contribution in [0.5, 0.6) is 0 Å². The van der Waals surface area contributed by atoms with Gasteiger partial charge in [-0.3, -0.25) is 14.4 Å². The molecule has 2 heterocycles. The van der Waals surface area contributed by atoms with Crippen LogP contribution in [0.1, 0.15) is 34.9 Å². The zero-order valence-electron chi connectivity index (χ0n) is 16.0. The Kier molecular flexibility index (Phi) is 5.57. The Bertz CT molecular complexity index is 915. The van der Waals surface area contributed by atoms with Gasteiger partial charge in [-0.1, -0.05) is 42.5 Å². The summed E-state index contributed by atoms with van der Waals surface area (Å²) >= 11 is 0. The number of benzene rings is 2. The Morgan fingerprint density at radius 2 is 1.83 bits per heavy atom. The Morgan fingerprint density at radius 1 is 1.07 bits per heavy atom. The number of ether oxygens (including phenoxy) is 1. The number of anilines is 1. The largest absolute Gasteiger partial charge is 0.370 e. The van der Waals surface area contributed by atoms with Crippen molar-refractivity contribution in [3.63, 3.8) is 0 Å². The molecule has 2 aliphatic rings. The molecule has 0 saturated carbocycles. The summed E-state index contributed by atoms with van der Waals surface area (Å²) in [5, 5.41) is 5.50. The molecule has 2 aromatic rings. The molecule has 2 aromatic carbocycles. The minimum Gasteiger partial charge on any atom is -0.370 e. The summed E-state index contributed by atoms with van der Waals surface area (Å²) in [4.78, 5) is 39.4. The number of carbonyl (C=O) groups is 3. The number of hydrogen-bond acceptors (Lipinski definition) is 4. The maximum Gasteiger partial charge on any atom is 0.254 e. The van der Waals surface area contributed by atoms with Gasteiger partial charge in [0, 0.05) is 13.0 Å². The molecule has 1 fully saturated rings. The van der Waals surface area contributed by atoms with Gasteiger partial charge in [0.2, 0.25) is 11.8 Å². The van der Waals surface area contributed by atoms with E-state index in [1.54, 1.807) is 29.2 Å². The van der Waals surface area contributed by atoms with E-state index in [9.17, 15) is 14.4 Å². The van der Waals surface area contributed by atoms with Gasteiger partial charge in [-0.05, 0) is 24.1 Å². The lowest BCUT2D eigenvalue weighted by Crippen LogP contribution is -2.44. The molecule has 3 amide bonds. The summed E-state index contributed by atoms with van der Waals surface area (Å²) in [6, 6.07) is 15.9. The molecule has 0 unspecified atom stereocenters. The third-order valence-corrected chi connectivity index (χ3v) is 5.29. The lowest BCUT2D eigenvalue weighted by molar-refractivity contribution is -0.139. The van der Waals surface area contributed by atoms with E-state index in [0.717, 1.165) is 5.56 Å². The molecule has 4 rings (SSSR count). The fourth-order valence-corrected chi connectivity index (χ4v) is 3.69. The average molecular weight is 393 g/mol. The number of morpholine rings is 1. The molecule has 0 spiro atoms. The second-order valence-corrected chi connectivity index (χ2v) is 7.21. The second kappa shape index (κ2) is 8.45. The van der Waals surface area contributed by atoms with Gasteiger partial charge in [0.25, 0.3) is 5.91 Å². The smallest absolute Gasteiger partial charge is 0.254 e. The van der Waals surface area contributed by atoms with Crippen LogP contribution in [-0.4, -0.2) is 48.4 Å². The summed E-state index contributed by atoms with van der Waals surface area (Å²) in [6.45, 7) is 1.48. The molecule has 29 heavy (non-hydrogen) atoms. The van der Waals surface area contributed by atoms with Gasteiger partial charge < -0.3 is 20.3 Å². The maximum atomic E-state index is 12.7. The highest BCUT2D eigenvalue weighted by atomic mass is 16.5. The van der Waals surface area contributed by atoms with E-state index in [2.05, 4.69) is 10.6 Å². The van der Waals surface area contributed by atoms with E-state index in [4.69, 9.17) is 4.74 Å². The van der Waals surface area contributed by atoms with E-state index in [0.29, 0.717) is 30.9 Å². The van der Waals surface area contributed by atoms with E-state index in [1.807, 2.05) is 30.3 Å². The highest BCUT2D eigenvalue weighted by Crippen LogP contribution is 2.23. The Morgan fingerprint density at radius 3 is 2.66 bits per heavy atom. The molecule has 7 heteroatoms. The predicted molar refractivity (Wildman–Crippen MR) is 107 cm³/mol. The predicted octanol–water partition coefficient (Wildman–Crippen LogP) is 2.12. The third kappa shape index (κ3) is 4.30. The van der Waals surface area contributed by atoms with E-state index in [-0.39, 0.29) is 36.7 Å². The van der Waals surface area contributed by atoms with Crippen LogP contribution in [0.2, 0.25) is 0 Å². The topological polar surface area (TPSA) is 87.7 Å². The maximum absolute atomic E-state index is 12.7. The van der Waals surface area contributed by atoms with Crippen LogP contribution in [-0.2, 0) is 14.3 Å². The number of carbonyl (C=O) groups excluding carboxylic acids is 3. The molecule has 0 aliphatic carbocycles. The van der Waals surface area contributed by atoms with Gasteiger partial charge in [-0.15, -0.1) is 0 Å². The molecular formula is C22H23N3O4. The first-order chi connectivity index (χ1) is 14.1. The van der Waals surface area contributed by atoms with Crippen LogP contribution < -0.4 is 10.6 Å². The van der Waals surface area contributed by atoms with Crippen molar-refractivity contribution in [1.82, 2.24) is 10.2 Å². The first kappa shape index (κ1) is 19.1. The fourth-order valence-electron chi connectivity index (χ4n) is 3.69. The number of para-hydroxylation sites is 1. The van der Waals surface area contributed by atoms with Gasteiger partial charge in [0.15, 0.2) is 0 Å². The van der Waals surface area contributed by atoms with Crippen LogP contribution in [0.25, 0.3) is 0 Å². The normalized spacial score (nSPS) is 21.6. The average Bonchev–Trinajstić information content (AvgIpc) is 2.88. The van der Waals surface area contributed by atoms with Crippen molar-refractivity contribution in [3.8, 4) is 0 Å². The minimum atomic E-state index is -0.746. The fraction of sp³-hybridized carbons (Fsp3) is 0.318. The van der Waals surface area contributed by atoms with Gasteiger partial charge in [-0.2, -0.15) is 0 Å². The van der Waals surface area contributed by atoms with Gasteiger partial charge in [-0.25, -0.2) is 0 Å². The summed E-state index contributed by atoms with van der Waals surface area (Å²) in [6.07, 6.45) is 0.276. The molecule has 2 aliphatic heterocycles. The lowest BCUT2D eigenvalue weighted by Gasteiger charge is -2.33. The van der Waals surface area contributed by atoms with Gasteiger partial charge in [0.05, 0.1) is 24.4 Å². The second-order valence-electron chi connectivity index (χ2n) is 7.21. The molecule has 7 nitrogen and oxygen atoms in total. The number of fused-ring (bicyclic) bond motifs is 1. The molecule has 0 aromatic heterocycles. The van der Waals surface area contributed by atoms with Crippen molar-refractivity contribution in [2.45, 2.75) is 25.0 Å². The Labute approximate surface area is 169 Å². The van der Waals surface area contributed by atoms with Crippen molar-refractivity contribution >= 4 is 23.4 Å². The van der Waals surface area contributed by atoms with Crippen molar-refractivity contribution in [3.05, 3.63) is 65.7 Å². The molecule has 150 valence electrons. The van der Waals surface area contributed by atoms with Gasteiger partial charge in [0.1, 0.15) is 12.1 Å². The van der Waals surface area contributed by atoms with Crippen molar-refractivity contribution in [1.29, 1.82) is 0 Å². The third-order valence-electron chi connectivity index (χ3n) is 5.29. The lowest BCUT2D eigenvalue weighted by atomic mass is 10.1. The standard InChI is InChI=1S/C22H23N3O4/c26-20(25-12-13-29-19(14-25)15-6-2-1-3-7-15)11-10-18-22(28)23-17-9-5-4-8-16(17)21(27)24-18/h1-9,18-19H,10-14H2,(H,23,28)(H,24,27)/t18-,19+/m1/s1. The summed E-state index contributed by atoms with van der Waals surface area (Å²) in [5.41, 5.74) is 1.95. The molecule has 1 saturated heterocycles. The molecule has 0 radical (unpaired) electrons. The molecule has 2 atom stereocenters. The van der Waals surface area contributed by atoms with Crippen LogP contribution in [0.3, 0.4) is 0 Å². The van der Waals surface area contributed by atoms with Gasteiger partial charge >= 0.3 is 0 Å². The zero-order valence-corrected chi connectivity index (χ0v) is 16.0. The van der Waals surface area contributed by atoms with E-state index < -0.39 is 6.04 Å². The number of hydrogen-bond donors (Lipinski definition) is 2. The first-order valence-corrected chi connectivity index (χ1v) is 9.77. The van der Waals surface area contributed by atoms with Crippen molar-refractivity contribution in [2.75, 3.05) is 25.0 Å². The minimum absolute atomic E-state index is 0.0435. The number of rotatable bonds is 4. The van der Waals surface area contributed by atoms with E-state index >= 15 is 0 Å². The van der Waals surface area contributed by atoms with E-state index in [1.165, 1.54) is 0 Å². The van der Waals surface area contributed by atoms with Crippen LogP contribution in [0.4, 0.5) is 5.69 Å². The zero-order chi connectivity index (χ0) is 20.2. The quantitative estimate of drug-likeness (QED) is 0.833. The SMILES string of the molecule is O=C1N[C@H](CCC(=O)N2CCO[C@H](c3ccccc3)C2)C(=O)Nc2ccccc21. The summed E-state index contributed by atoms with van der Waals surface area (Å²) in [7, 11) is 0. The summed E-state index contributed by atoms with van der Waals surface area (Å²) in [5.74, 6) is -0.662. The van der Waals surface area contributed by atoms with Crippen LogP contribution in [0.15, 0.2) is 54.6 Å².